The molecule has 0 bridgehead atoms. The number of para-hydroxylation sites is 2. The summed E-state index contributed by atoms with van der Waals surface area (Å²) in [5, 5.41) is 2.86. The summed E-state index contributed by atoms with van der Waals surface area (Å²) < 4.78 is 33.1. The number of nitrogens with zero attached hydrogens (tertiary/aromatic N) is 1. The normalized spacial score (nSPS) is 15.4. The van der Waals surface area contributed by atoms with Gasteiger partial charge in [0.15, 0.2) is 0 Å². The molecule has 30 heavy (non-hydrogen) atoms. The van der Waals surface area contributed by atoms with Crippen molar-refractivity contribution in [3.05, 3.63) is 54.1 Å². The first kappa shape index (κ1) is 22.3. The molecule has 7 heteroatoms. The minimum atomic E-state index is -3.52. The number of nitrogens with one attached hydrogen (secondary N) is 1. The highest BCUT2D eigenvalue weighted by Crippen LogP contribution is 2.25. The van der Waals surface area contributed by atoms with Gasteiger partial charge in [0, 0.05) is 18.7 Å². The lowest BCUT2D eigenvalue weighted by Crippen LogP contribution is -2.31. The van der Waals surface area contributed by atoms with Crippen LogP contribution in [-0.4, -0.2) is 38.3 Å². The van der Waals surface area contributed by atoms with Crippen molar-refractivity contribution in [2.75, 3.05) is 25.0 Å². The molecule has 3 rings (SSSR count). The molecular formula is C23H30N2O4S. The second kappa shape index (κ2) is 10.6. The van der Waals surface area contributed by atoms with Crippen LogP contribution in [0.5, 0.6) is 5.75 Å². The molecule has 1 saturated heterocycles. The van der Waals surface area contributed by atoms with Crippen LogP contribution in [0, 0.1) is 0 Å². The van der Waals surface area contributed by atoms with Crippen molar-refractivity contribution < 1.29 is 17.9 Å². The van der Waals surface area contributed by atoms with Crippen LogP contribution in [0.2, 0.25) is 0 Å². The van der Waals surface area contributed by atoms with Crippen molar-refractivity contribution in [1.82, 2.24) is 4.31 Å². The van der Waals surface area contributed by atoms with Gasteiger partial charge in [0.1, 0.15) is 5.75 Å². The Morgan fingerprint density at radius 3 is 2.33 bits per heavy atom. The highest BCUT2D eigenvalue weighted by molar-refractivity contribution is 7.89. The monoisotopic (exact) mass is 430 g/mol. The summed E-state index contributed by atoms with van der Waals surface area (Å²) in [5.74, 6) is 0.319. The molecule has 0 unspecified atom stereocenters. The molecule has 1 N–H and O–H groups in total. The largest absolute Gasteiger partial charge is 0.491 e. The van der Waals surface area contributed by atoms with Gasteiger partial charge in [-0.2, -0.15) is 4.31 Å². The van der Waals surface area contributed by atoms with Gasteiger partial charge in [0.25, 0.3) is 5.91 Å². The second-order valence-electron chi connectivity index (χ2n) is 7.49. The molecule has 1 heterocycles. The summed E-state index contributed by atoms with van der Waals surface area (Å²) in [6.07, 6.45) is 5.87. The van der Waals surface area contributed by atoms with E-state index in [0.717, 1.165) is 38.5 Å². The average Bonchev–Trinajstić information content (AvgIpc) is 3.05. The topological polar surface area (TPSA) is 75.7 Å². The zero-order chi connectivity index (χ0) is 21.4. The number of rotatable bonds is 8. The number of carbonyl (C=O) groups excluding carboxylic acids is 1. The van der Waals surface area contributed by atoms with E-state index in [2.05, 4.69) is 12.2 Å². The zero-order valence-corrected chi connectivity index (χ0v) is 18.3. The van der Waals surface area contributed by atoms with Gasteiger partial charge in [0.2, 0.25) is 10.0 Å². The van der Waals surface area contributed by atoms with Crippen LogP contribution < -0.4 is 10.1 Å². The molecule has 1 fully saturated rings. The highest BCUT2D eigenvalue weighted by atomic mass is 32.2. The first-order valence-electron chi connectivity index (χ1n) is 10.7. The van der Waals surface area contributed by atoms with Crippen LogP contribution >= 0.6 is 0 Å². The molecule has 0 aromatic heterocycles. The first-order valence-corrected chi connectivity index (χ1v) is 12.1. The molecule has 0 saturated carbocycles. The van der Waals surface area contributed by atoms with Crippen LogP contribution in [0.1, 0.15) is 55.8 Å². The Hall–Kier alpha value is -2.38. The van der Waals surface area contributed by atoms with E-state index < -0.39 is 10.0 Å². The molecule has 0 spiro atoms. The van der Waals surface area contributed by atoms with Gasteiger partial charge >= 0.3 is 0 Å². The fourth-order valence-corrected chi connectivity index (χ4v) is 4.94. The van der Waals surface area contributed by atoms with Crippen molar-refractivity contribution in [1.29, 1.82) is 0 Å². The van der Waals surface area contributed by atoms with Crippen LogP contribution in [-0.2, 0) is 10.0 Å². The standard InChI is InChI=1S/C23H30N2O4S/c1-2-3-18-29-22-11-7-6-10-21(22)24-23(26)19-12-14-20(15-13-19)30(27,28)25-16-8-4-5-9-17-25/h6-7,10-15H,2-5,8-9,16-18H2,1H3,(H,24,26). The SMILES string of the molecule is CCCCOc1ccccc1NC(=O)c1ccc(S(=O)(=O)N2CCCCCC2)cc1. The maximum absolute atomic E-state index is 12.9. The number of hydrogen-bond acceptors (Lipinski definition) is 4. The van der Waals surface area contributed by atoms with Crippen molar-refractivity contribution >= 4 is 21.6 Å². The second-order valence-corrected chi connectivity index (χ2v) is 9.43. The van der Waals surface area contributed by atoms with Crippen molar-refractivity contribution in [2.45, 2.75) is 50.3 Å². The predicted molar refractivity (Wildman–Crippen MR) is 118 cm³/mol. The third-order valence-electron chi connectivity index (χ3n) is 5.21. The lowest BCUT2D eigenvalue weighted by atomic mass is 10.2. The van der Waals surface area contributed by atoms with Crippen molar-refractivity contribution in [2.24, 2.45) is 0 Å². The number of sulfonamides is 1. The van der Waals surface area contributed by atoms with Crippen LogP contribution in [0.15, 0.2) is 53.4 Å². The maximum atomic E-state index is 12.9. The molecule has 0 atom stereocenters. The molecular weight excluding hydrogens is 400 g/mol. The smallest absolute Gasteiger partial charge is 0.255 e. The molecule has 1 aliphatic heterocycles. The number of anilines is 1. The molecule has 1 aliphatic rings. The van der Waals surface area contributed by atoms with Crippen LogP contribution in [0.25, 0.3) is 0 Å². The summed E-state index contributed by atoms with van der Waals surface area (Å²) in [6.45, 7) is 3.79. The Morgan fingerprint density at radius 2 is 1.67 bits per heavy atom. The summed E-state index contributed by atoms with van der Waals surface area (Å²) >= 11 is 0. The van der Waals surface area contributed by atoms with E-state index in [0.29, 0.717) is 36.7 Å². The maximum Gasteiger partial charge on any atom is 0.255 e. The average molecular weight is 431 g/mol. The number of ether oxygens (including phenoxy) is 1. The lowest BCUT2D eigenvalue weighted by molar-refractivity contribution is 0.102. The summed E-state index contributed by atoms with van der Waals surface area (Å²) in [6, 6.07) is 13.4. The molecule has 1 amide bonds. The third-order valence-corrected chi connectivity index (χ3v) is 7.12. The van der Waals surface area contributed by atoms with Crippen molar-refractivity contribution in [3.8, 4) is 5.75 Å². The van der Waals surface area contributed by atoms with E-state index in [1.807, 2.05) is 18.2 Å². The highest BCUT2D eigenvalue weighted by Gasteiger charge is 2.25. The van der Waals surface area contributed by atoms with Gasteiger partial charge in [-0.15, -0.1) is 0 Å². The summed E-state index contributed by atoms with van der Waals surface area (Å²) in [7, 11) is -3.52. The quantitative estimate of drug-likeness (QED) is 0.617. The molecule has 0 aliphatic carbocycles. The zero-order valence-electron chi connectivity index (χ0n) is 17.5. The van der Waals surface area contributed by atoms with E-state index in [-0.39, 0.29) is 10.8 Å². The summed E-state index contributed by atoms with van der Waals surface area (Å²) in [4.78, 5) is 12.9. The fourth-order valence-electron chi connectivity index (χ4n) is 3.43. The van der Waals surface area contributed by atoms with E-state index in [1.54, 1.807) is 22.5 Å². The predicted octanol–water partition coefficient (Wildman–Crippen LogP) is 4.68. The van der Waals surface area contributed by atoms with E-state index in [4.69, 9.17) is 4.74 Å². The van der Waals surface area contributed by atoms with E-state index >= 15 is 0 Å². The number of carbonyl (C=O) groups is 1. The number of amides is 1. The van der Waals surface area contributed by atoms with Crippen molar-refractivity contribution in [3.63, 3.8) is 0 Å². The number of unbranched alkanes of at least 4 members (excludes halogenated alkanes) is 1. The van der Waals surface area contributed by atoms with E-state index in [1.165, 1.54) is 12.1 Å². The third kappa shape index (κ3) is 5.61. The Morgan fingerprint density at radius 1 is 1.00 bits per heavy atom. The minimum Gasteiger partial charge on any atom is -0.491 e. The first-order chi connectivity index (χ1) is 14.5. The van der Waals surface area contributed by atoms with Gasteiger partial charge in [-0.1, -0.05) is 38.3 Å². The Balaban J connectivity index is 1.70. The molecule has 6 nitrogen and oxygen atoms in total. The van der Waals surface area contributed by atoms with Crippen LogP contribution in [0.4, 0.5) is 5.69 Å². The Labute approximate surface area is 179 Å². The Bertz CT molecular complexity index is 934. The minimum absolute atomic E-state index is 0.226. The lowest BCUT2D eigenvalue weighted by Gasteiger charge is -2.20. The fraction of sp³-hybridized carbons (Fsp3) is 0.435. The van der Waals surface area contributed by atoms with Gasteiger partial charge in [-0.05, 0) is 55.7 Å². The molecule has 0 radical (unpaired) electrons. The van der Waals surface area contributed by atoms with Gasteiger partial charge in [-0.3, -0.25) is 4.79 Å². The van der Waals surface area contributed by atoms with E-state index in [9.17, 15) is 13.2 Å². The Kier molecular flexibility index (Phi) is 7.87. The van der Waals surface area contributed by atoms with Gasteiger partial charge in [-0.25, -0.2) is 8.42 Å². The number of hydrogen-bond donors (Lipinski definition) is 1. The van der Waals surface area contributed by atoms with Gasteiger partial charge in [0.05, 0.1) is 17.2 Å². The number of benzene rings is 2. The summed E-state index contributed by atoms with van der Waals surface area (Å²) in [5.41, 5.74) is 0.994. The molecule has 2 aromatic carbocycles. The van der Waals surface area contributed by atoms with Gasteiger partial charge < -0.3 is 10.1 Å². The van der Waals surface area contributed by atoms with Crippen LogP contribution in [0.3, 0.4) is 0 Å². The molecule has 2 aromatic rings. The molecule has 162 valence electrons.